The topological polar surface area (TPSA) is 21.3 Å². The molecule has 2 aromatic rings. The standard InChI is InChI=1S/C18H21NO/c1-2-19-17(12-14-6-4-3-5-7-14)15-8-9-18-16(13-15)10-11-20-18/h3-9,13,17,19H,2,10-12H2,1H3. The van der Waals surface area contributed by atoms with E-state index in [0.29, 0.717) is 6.04 Å². The molecule has 20 heavy (non-hydrogen) atoms. The number of hydrogen-bond donors (Lipinski definition) is 1. The van der Waals surface area contributed by atoms with Gasteiger partial charge in [-0.1, -0.05) is 49.4 Å². The molecule has 1 heterocycles. The van der Waals surface area contributed by atoms with Crippen molar-refractivity contribution in [1.82, 2.24) is 5.32 Å². The number of rotatable bonds is 5. The molecule has 1 atom stereocenters. The third kappa shape index (κ3) is 2.86. The van der Waals surface area contributed by atoms with Gasteiger partial charge in [0.15, 0.2) is 0 Å². The van der Waals surface area contributed by atoms with E-state index >= 15 is 0 Å². The number of fused-ring (bicyclic) bond motifs is 1. The molecule has 0 aliphatic carbocycles. The number of nitrogens with one attached hydrogen (secondary N) is 1. The zero-order valence-electron chi connectivity index (χ0n) is 11.9. The Kier molecular flexibility index (Phi) is 4.03. The minimum atomic E-state index is 0.369. The fourth-order valence-corrected chi connectivity index (χ4v) is 2.83. The lowest BCUT2D eigenvalue weighted by molar-refractivity contribution is 0.356. The van der Waals surface area contributed by atoms with Gasteiger partial charge in [0.2, 0.25) is 0 Å². The molecule has 1 aliphatic heterocycles. The first-order valence-electron chi connectivity index (χ1n) is 7.39. The zero-order valence-corrected chi connectivity index (χ0v) is 11.9. The Hall–Kier alpha value is -1.80. The molecule has 1 N–H and O–H groups in total. The molecular formula is C18H21NO. The minimum absolute atomic E-state index is 0.369. The van der Waals surface area contributed by atoms with Crippen LogP contribution >= 0.6 is 0 Å². The van der Waals surface area contributed by atoms with Crippen LogP contribution in [0.4, 0.5) is 0 Å². The van der Waals surface area contributed by atoms with E-state index in [0.717, 1.165) is 31.7 Å². The Morgan fingerprint density at radius 1 is 1.15 bits per heavy atom. The molecule has 0 bridgehead atoms. The van der Waals surface area contributed by atoms with Crippen LogP contribution in [0.15, 0.2) is 48.5 Å². The predicted molar refractivity (Wildman–Crippen MR) is 82.2 cm³/mol. The van der Waals surface area contributed by atoms with Gasteiger partial charge in [0.25, 0.3) is 0 Å². The van der Waals surface area contributed by atoms with Gasteiger partial charge in [-0.2, -0.15) is 0 Å². The summed E-state index contributed by atoms with van der Waals surface area (Å²) < 4.78 is 5.59. The Labute approximate surface area is 120 Å². The molecule has 1 unspecified atom stereocenters. The normalized spacial score (nSPS) is 14.7. The lowest BCUT2D eigenvalue weighted by Gasteiger charge is -2.19. The molecule has 104 valence electrons. The van der Waals surface area contributed by atoms with Crippen molar-refractivity contribution in [2.75, 3.05) is 13.2 Å². The first kappa shape index (κ1) is 13.2. The highest BCUT2D eigenvalue weighted by Gasteiger charge is 2.16. The molecule has 0 amide bonds. The van der Waals surface area contributed by atoms with Crippen molar-refractivity contribution < 1.29 is 4.74 Å². The van der Waals surface area contributed by atoms with Gasteiger partial charge in [-0.05, 0) is 35.7 Å². The molecular weight excluding hydrogens is 246 g/mol. The van der Waals surface area contributed by atoms with Gasteiger partial charge in [-0.25, -0.2) is 0 Å². The molecule has 1 aliphatic rings. The molecule has 0 radical (unpaired) electrons. The summed E-state index contributed by atoms with van der Waals surface area (Å²) in [5.41, 5.74) is 4.08. The average molecular weight is 267 g/mol. The SMILES string of the molecule is CCNC(Cc1ccccc1)c1ccc2c(c1)CCO2. The summed E-state index contributed by atoms with van der Waals surface area (Å²) in [7, 11) is 0. The van der Waals surface area contributed by atoms with Crippen molar-refractivity contribution >= 4 is 0 Å². The van der Waals surface area contributed by atoms with Crippen molar-refractivity contribution in [2.24, 2.45) is 0 Å². The quantitative estimate of drug-likeness (QED) is 0.895. The summed E-state index contributed by atoms with van der Waals surface area (Å²) >= 11 is 0. The second-order valence-corrected chi connectivity index (χ2v) is 5.27. The third-order valence-electron chi connectivity index (χ3n) is 3.85. The van der Waals surface area contributed by atoms with Gasteiger partial charge in [0.05, 0.1) is 6.61 Å². The van der Waals surface area contributed by atoms with Gasteiger partial charge in [0.1, 0.15) is 5.75 Å². The highest BCUT2D eigenvalue weighted by molar-refractivity contribution is 5.41. The summed E-state index contributed by atoms with van der Waals surface area (Å²) in [5, 5.41) is 3.60. The van der Waals surface area contributed by atoms with Crippen LogP contribution in [0.1, 0.15) is 29.7 Å². The van der Waals surface area contributed by atoms with Crippen LogP contribution in [0, 0.1) is 0 Å². The smallest absolute Gasteiger partial charge is 0.122 e. The Balaban J connectivity index is 1.83. The fraction of sp³-hybridized carbons (Fsp3) is 0.333. The highest BCUT2D eigenvalue weighted by Crippen LogP contribution is 2.29. The number of hydrogen-bond acceptors (Lipinski definition) is 2. The minimum Gasteiger partial charge on any atom is -0.493 e. The van der Waals surface area contributed by atoms with E-state index in [-0.39, 0.29) is 0 Å². The van der Waals surface area contributed by atoms with Crippen LogP contribution in [0.5, 0.6) is 5.75 Å². The molecule has 0 saturated heterocycles. The molecule has 0 fully saturated rings. The lowest BCUT2D eigenvalue weighted by Crippen LogP contribution is -2.23. The van der Waals surface area contributed by atoms with E-state index in [2.05, 4.69) is 60.8 Å². The summed E-state index contributed by atoms with van der Waals surface area (Å²) in [6, 6.07) is 17.7. The second kappa shape index (κ2) is 6.10. The molecule has 3 rings (SSSR count). The predicted octanol–water partition coefficient (Wildman–Crippen LogP) is 3.51. The molecule has 0 saturated carbocycles. The van der Waals surface area contributed by atoms with Crippen molar-refractivity contribution in [3.8, 4) is 5.75 Å². The molecule has 0 spiro atoms. The highest BCUT2D eigenvalue weighted by atomic mass is 16.5. The number of ether oxygens (including phenoxy) is 1. The van der Waals surface area contributed by atoms with E-state index in [1.807, 2.05) is 0 Å². The fourth-order valence-electron chi connectivity index (χ4n) is 2.83. The van der Waals surface area contributed by atoms with Crippen LogP contribution < -0.4 is 10.1 Å². The van der Waals surface area contributed by atoms with E-state index in [9.17, 15) is 0 Å². The molecule has 0 aromatic heterocycles. The maximum atomic E-state index is 5.59. The van der Waals surface area contributed by atoms with Crippen LogP contribution in [0.3, 0.4) is 0 Å². The van der Waals surface area contributed by atoms with Gasteiger partial charge in [-0.3, -0.25) is 0 Å². The van der Waals surface area contributed by atoms with E-state index in [4.69, 9.17) is 4.74 Å². The first-order valence-corrected chi connectivity index (χ1v) is 7.39. The van der Waals surface area contributed by atoms with Crippen LogP contribution in [-0.2, 0) is 12.8 Å². The summed E-state index contributed by atoms with van der Waals surface area (Å²) in [4.78, 5) is 0. The van der Waals surface area contributed by atoms with E-state index in [1.54, 1.807) is 0 Å². The summed E-state index contributed by atoms with van der Waals surface area (Å²) in [6.45, 7) is 3.96. The number of benzene rings is 2. The molecule has 2 heteroatoms. The Bertz CT molecular complexity index is 565. The second-order valence-electron chi connectivity index (χ2n) is 5.27. The first-order chi connectivity index (χ1) is 9.86. The van der Waals surface area contributed by atoms with Crippen LogP contribution in [0.2, 0.25) is 0 Å². The molecule has 2 aromatic carbocycles. The summed E-state index contributed by atoms with van der Waals surface area (Å²) in [5.74, 6) is 1.06. The average Bonchev–Trinajstić information content (AvgIpc) is 2.95. The largest absolute Gasteiger partial charge is 0.493 e. The van der Waals surface area contributed by atoms with Crippen LogP contribution in [0.25, 0.3) is 0 Å². The van der Waals surface area contributed by atoms with E-state index in [1.165, 1.54) is 16.7 Å². The van der Waals surface area contributed by atoms with Gasteiger partial charge in [-0.15, -0.1) is 0 Å². The zero-order chi connectivity index (χ0) is 13.8. The third-order valence-corrected chi connectivity index (χ3v) is 3.85. The van der Waals surface area contributed by atoms with Crippen LogP contribution in [-0.4, -0.2) is 13.2 Å². The monoisotopic (exact) mass is 267 g/mol. The Morgan fingerprint density at radius 3 is 2.80 bits per heavy atom. The Morgan fingerprint density at radius 2 is 2.00 bits per heavy atom. The van der Waals surface area contributed by atoms with E-state index < -0.39 is 0 Å². The van der Waals surface area contributed by atoms with Gasteiger partial charge in [0, 0.05) is 12.5 Å². The van der Waals surface area contributed by atoms with Crippen molar-refractivity contribution in [3.05, 3.63) is 65.2 Å². The lowest BCUT2D eigenvalue weighted by atomic mass is 9.96. The maximum Gasteiger partial charge on any atom is 0.122 e. The number of likely N-dealkylation sites (N-methyl/N-ethyl adjacent to an activating group) is 1. The van der Waals surface area contributed by atoms with Gasteiger partial charge < -0.3 is 10.1 Å². The van der Waals surface area contributed by atoms with Gasteiger partial charge >= 0.3 is 0 Å². The van der Waals surface area contributed by atoms with Crippen molar-refractivity contribution in [3.63, 3.8) is 0 Å². The maximum absolute atomic E-state index is 5.59. The van der Waals surface area contributed by atoms with Crippen molar-refractivity contribution in [2.45, 2.75) is 25.8 Å². The summed E-state index contributed by atoms with van der Waals surface area (Å²) in [6.07, 6.45) is 2.06. The molecule has 2 nitrogen and oxygen atoms in total. The van der Waals surface area contributed by atoms with Crippen molar-refractivity contribution in [1.29, 1.82) is 0 Å².